The topological polar surface area (TPSA) is 93.0 Å². The second-order valence-corrected chi connectivity index (χ2v) is 5.97. The highest BCUT2D eigenvalue weighted by atomic mass is 16.5. The highest BCUT2D eigenvalue weighted by Crippen LogP contribution is 2.27. The summed E-state index contributed by atoms with van der Waals surface area (Å²) in [6.07, 6.45) is 2.93. The first-order valence-electron chi connectivity index (χ1n) is 7.95. The van der Waals surface area contributed by atoms with Gasteiger partial charge < -0.3 is 9.26 Å². The zero-order valence-corrected chi connectivity index (χ0v) is 12.8. The smallest absolute Gasteiger partial charge is 0.255 e. The van der Waals surface area contributed by atoms with E-state index in [1.165, 1.54) is 0 Å². The van der Waals surface area contributed by atoms with Crippen LogP contribution in [0.15, 0.2) is 10.6 Å². The van der Waals surface area contributed by atoms with Gasteiger partial charge in [0.1, 0.15) is 12.2 Å². The van der Waals surface area contributed by atoms with E-state index in [1.807, 2.05) is 10.7 Å². The van der Waals surface area contributed by atoms with Crippen LogP contribution in [0, 0.1) is 11.3 Å². The standard InChI is InChI=1S/C15H18N6O2/c16-8-11-7-12-9-20(4-2-5-21(12)18-11)10-14-17-15(23-19-14)13-3-1-6-22-13/h7,13H,1-6,9-10H2/t13-/m0/s1. The molecule has 0 N–H and O–H groups in total. The van der Waals surface area contributed by atoms with Crippen LogP contribution < -0.4 is 0 Å². The Labute approximate surface area is 133 Å². The first-order chi connectivity index (χ1) is 11.3. The summed E-state index contributed by atoms with van der Waals surface area (Å²) < 4.78 is 12.8. The van der Waals surface area contributed by atoms with Crippen molar-refractivity contribution in [2.24, 2.45) is 0 Å². The lowest BCUT2D eigenvalue weighted by Gasteiger charge is -2.16. The molecule has 2 aromatic rings. The van der Waals surface area contributed by atoms with Crippen molar-refractivity contribution >= 4 is 0 Å². The maximum absolute atomic E-state index is 8.98. The fourth-order valence-corrected chi connectivity index (χ4v) is 3.15. The van der Waals surface area contributed by atoms with Gasteiger partial charge in [-0.3, -0.25) is 9.58 Å². The number of hydrogen-bond donors (Lipinski definition) is 0. The molecule has 4 rings (SSSR count). The monoisotopic (exact) mass is 314 g/mol. The number of rotatable bonds is 3. The molecule has 1 atom stereocenters. The summed E-state index contributed by atoms with van der Waals surface area (Å²) in [5, 5.41) is 17.4. The molecule has 0 amide bonds. The predicted molar refractivity (Wildman–Crippen MR) is 77.9 cm³/mol. The van der Waals surface area contributed by atoms with E-state index < -0.39 is 0 Å². The van der Waals surface area contributed by atoms with Crippen molar-refractivity contribution in [1.82, 2.24) is 24.8 Å². The number of fused-ring (bicyclic) bond motifs is 1. The van der Waals surface area contributed by atoms with E-state index in [0.29, 0.717) is 24.0 Å². The minimum absolute atomic E-state index is 0.0417. The molecular weight excluding hydrogens is 296 g/mol. The fourth-order valence-electron chi connectivity index (χ4n) is 3.15. The Morgan fingerprint density at radius 2 is 2.30 bits per heavy atom. The van der Waals surface area contributed by atoms with Crippen molar-refractivity contribution in [2.75, 3.05) is 13.2 Å². The summed E-state index contributed by atoms with van der Waals surface area (Å²) in [4.78, 5) is 6.73. The SMILES string of the molecule is N#Cc1cc2n(n1)CCCN(Cc1noc([C@@H]3CCCO3)n1)C2. The first-order valence-corrected chi connectivity index (χ1v) is 7.95. The van der Waals surface area contributed by atoms with Crippen LogP contribution in [0.5, 0.6) is 0 Å². The van der Waals surface area contributed by atoms with Crippen LogP contribution in [-0.4, -0.2) is 38.0 Å². The normalized spacial score (nSPS) is 21.8. The van der Waals surface area contributed by atoms with Gasteiger partial charge in [0.15, 0.2) is 11.5 Å². The van der Waals surface area contributed by atoms with Crippen molar-refractivity contribution < 1.29 is 9.26 Å². The molecule has 8 heteroatoms. The summed E-state index contributed by atoms with van der Waals surface area (Å²) in [6.45, 7) is 3.90. The lowest BCUT2D eigenvalue weighted by molar-refractivity contribution is 0.0835. The highest BCUT2D eigenvalue weighted by Gasteiger charge is 2.25. The molecule has 0 bridgehead atoms. The van der Waals surface area contributed by atoms with Gasteiger partial charge in [-0.15, -0.1) is 0 Å². The van der Waals surface area contributed by atoms with E-state index in [0.717, 1.165) is 51.2 Å². The Kier molecular flexibility index (Phi) is 3.81. The van der Waals surface area contributed by atoms with Crippen molar-refractivity contribution in [3.8, 4) is 6.07 Å². The third kappa shape index (κ3) is 2.98. The molecule has 2 aliphatic heterocycles. The molecule has 0 aliphatic carbocycles. The third-order valence-electron chi connectivity index (χ3n) is 4.26. The molecule has 2 aliphatic rings. The van der Waals surface area contributed by atoms with Crippen molar-refractivity contribution in [3.63, 3.8) is 0 Å². The number of aryl methyl sites for hydroxylation is 1. The molecule has 23 heavy (non-hydrogen) atoms. The molecule has 8 nitrogen and oxygen atoms in total. The van der Waals surface area contributed by atoms with E-state index in [9.17, 15) is 0 Å². The molecule has 1 saturated heterocycles. The van der Waals surface area contributed by atoms with Crippen LogP contribution in [0.1, 0.15) is 48.5 Å². The zero-order chi connectivity index (χ0) is 15.6. The summed E-state index contributed by atoms with van der Waals surface area (Å²) >= 11 is 0. The van der Waals surface area contributed by atoms with Gasteiger partial charge in [-0.05, 0) is 25.3 Å². The summed E-state index contributed by atoms with van der Waals surface area (Å²) in [5.74, 6) is 1.27. The molecule has 0 radical (unpaired) electrons. The van der Waals surface area contributed by atoms with Gasteiger partial charge in [-0.25, -0.2) is 0 Å². The second kappa shape index (κ2) is 6.10. The number of aromatic nitrogens is 4. The van der Waals surface area contributed by atoms with E-state index in [1.54, 1.807) is 0 Å². The van der Waals surface area contributed by atoms with Gasteiger partial charge in [0.25, 0.3) is 5.89 Å². The van der Waals surface area contributed by atoms with E-state index in [2.05, 4.69) is 26.2 Å². The number of nitriles is 1. The lowest BCUT2D eigenvalue weighted by Crippen LogP contribution is -2.23. The highest BCUT2D eigenvalue weighted by molar-refractivity contribution is 5.22. The van der Waals surface area contributed by atoms with Gasteiger partial charge in [-0.2, -0.15) is 15.3 Å². The first kappa shape index (κ1) is 14.4. The molecule has 120 valence electrons. The maximum Gasteiger partial charge on any atom is 0.255 e. The average molecular weight is 314 g/mol. The largest absolute Gasteiger partial charge is 0.368 e. The zero-order valence-electron chi connectivity index (χ0n) is 12.8. The van der Waals surface area contributed by atoms with E-state index >= 15 is 0 Å². The third-order valence-corrected chi connectivity index (χ3v) is 4.26. The molecule has 0 unspecified atom stereocenters. The summed E-state index contributed by atoms with van der Waals surface area (Å²) in [5.41, 5.74) is 1.53. The van der Waals surface area contributed by atoms with Crippen LogP contribution in [0.4, 0.5) is 0 Å². The molecule has 0 aromatic carbocycles. The number of nitrogens with zero attached hydrogens (tertiary/aromatic N) is 6. The molecule has 2 aromatic heterocycles. The van der Waals surface area contributed by atoms with Gasteiger partial charge in [0.05, 0.1) is 12.2 Å². The van der Waals surface area contributed by atoms with Gasteiger partial charge in [0.2, 0.25) is 0 Å². The Morgan fingerprint density at radius 1 is 1.35 bits per heavy atom. The number of ether oxygens (including phenoxy) is 1. The molecule has 4 heterocycles. The summed E-state index contributed by atoms with van der Waals surface area (Å²) in [6, 6.07) is 3.95. The van der Waals surface area contributed by atoms with Crippen molar-refractivity contribution in [2.45, 2.75) is 45.0 Å². The van der Waals surface area contributed by atoms with Gasteiger partial charge in [0, 0.05) is 26.2 Å². The van der Waals surface area contributed by atoms with Crippen LogP contribution in [0.2, 0.25) is 0 Å². The number of hydrogen-bond acceptors (Lipinski definition) is 7. The minimum Gasteiger partial charge on any atom is -0.368 e. The van der Waals surface area contributed by atoms with Crippen LogP contribution in [-0.2, 0) is 24.4 Å². The Morgan fingerprint density at radius 3 is 3.13 bits per heavy atom. The average Bonchev–Trinajstić information content (AvgIpc) is 3.26. The maximum atomic E-state index is 8.98. The Hall–Kier alpha value is -2.24. The van der Waals surface area contributed by atoms with E-state index in [4.69, 9.17) is 14.5 Å². The predicted octanol–water partition coefficient (Wildman–Crippen LogP) is 1.40. The van der Waals surface area contributed by atoms with Gasteiger partial charge in [-0.1, -0.05) is 5.16 Å². The van der Waals surface area contributed by atoms with Crippen LogP contribution >= 0.6 is 0 Å². The van der Waals surface area contributed by atoms with E-state index in [-0.39, 0.29) is 6.10 Å². The summed E-state index contributed by atoms with van der Waals surface area (Å²) in [7, 11) is 0. The Bertz CT molecular complexity index is 725. The Balaban J connectivity index is 1.45. The fraction of sp³-hybridized carbons (Fsp3) is 0.600. The van der Waals surface area contributed by atoms with Crippen molar-refractivity contribution in [1.29, 1.82) is 5.26 Å². The second-order valence-electron chi connectivity index (χ2n) is 5.97. The molecule has 1 fully saturated rings. The van der Waals surface area contributed by atoms with Crippen LogP contribution in [0.3, 0.4) is 0 Å². The molecular formula is C15H18N6O2. The quantitative estimate of drug-likeness (QED) is 0.845. The van der Waals surface area contributed by atoms with Crippen molar-refractivity contribution in [3.05, 3.63) is 29.2 Å². The molecule has 0 spiro atoms. The lowest BCUT2D eigenvalue weighted by atomic mass is 10.2. The molecule has 0 saturated carbocycles. The van der Waals surface area contributed by atoms with Crippen LogP contribution in [0.25, 0.3) is 0 Å². The minimum atomic E-state index is -0.0417. The van der Waals surface area contributed by atoms with Gasteiger partial charge >= 0.3 is 0 Å².